The molecular weight excluding hydrogens is 421 g/mol. The van der Waals surface area contributed by atoms with Gasteiger partial charge >= 0.3 is 6.18 Å². The number of nitrogens with zero attached hydrogens (tertiary/aromatic N) is 2. The molecule has 2 unspecified atom stereocenters. The third-order valence-electron chi connectivity index (χ3n) is 4.64. The van der Waals surface area contributed by atoms with Crippen molar-refractivity contribution in [2.75, 3.05) is 10.6 Å². The minimum absolute atomic E-state index is 0.0312. The van der Waals surface area contributed by atoms with Gasteiger partial charge in [-0.3, -0.25) is 9.59 Å². The van der Waals surface area contributed by atoms with Crippen molar-refractivity contribution in [2.45, 2.75) is 38.0 Å². The largest absolute Gasteiger partial charge is 0.417 e. The summed E-state index contributed by atoms with van der Waals surface area (Å²) in [5, 5.41) is 12.9. The number of alkyl halides is 3. The fourth-order valence-corrected chi connectivity index (χ4v) is 3.28. The molecule has 0 radical (unpaired) electrons. The summed E-state index contributed by atoms with van der Waals surface area (Å²) in [6.07, 6.45) is -4.39. The summed E-state index contributed by atoms with van der Waals surface area (Å²) in [7, 11) is 0. The topological polar surface area (TPSA) is 82.9 Å². The molecule has 0 saturated heterocycles. The first-order valence-electron chi connectivity index (χ1n) is 8.96. The van der Waals surface area contributed by atoms with Crippen LogP contribution in [-0.2, 0) is 15.8 Å². The van der Waals surface area contributed by atoms with Gasteiger partial charge in [0.25, 0.3) is 5.91 Å². The van der Waals surface area contributed by atoms with Crippen molar-refractivity contribution >= 4 is 34.8 Å². The highest BCUT2D eigenvalue weighted by Gasteiger charge is 2.41. The third kappa shape index (κ3) is 4.79. The van der Waals surface area contributed by atoms with E-state index in [-0.39, 0.29) is 24.1 Å². The summed E-state index contributed by atoms with van der Waals surface area (Å²) in [4.78, 5) is 23.8. The number of hydrogen-bond donors (Lipinski definition) is 2. The molecule has 0 aromatic heterocycles. The minimum Gasteiger partial charge on any atom is -0.326 e. The predicted octanol–water partition coefficient (Wildman–Crippen LogP) is 5.61. The third-order valence-corrected chi connectivity index (χ3v) is 4.97. The maximum absolute atomic E-state index is 13.0. The van der Waals surface area contributed by atoms with E-state index in [9.17, 15) is 22.8 Å². The van der Waals surface area contributed by atoms with Gasteiger partial charge in [0, 0.05) is 24.7 Å². The normalized spacial score (nSPS) is 20.8. The molecule has 0 spiro atoms. The fraction of sp³-hybridized carbons (Fsp3) is 0.300. The zero-order valence-corrected chi connectivity index (χ0v) is 16.8. The number of nitrogens with one attached hydrogen (secondary N) is 2. The first-order chi connectivity index (χ1) is 14.0. The van der Waals surface area contributed by atoms with Gasteiger partial charge in [-0.2, -0.15) is 23.4 Å². The highest BCUT2D eigenvalue weighted by Crippen LogP contribution is 2.39. The second-order valence-electron chi connectivity index (χ2n) is 7.16. The Balaban J connectivity index is 1.71. The molecule has 6 nitrogen and oxygen atoms in total. The number of amides is 2. The van der Waals surface area contributed by atoms with Crippen molar-refractivity contribution in [3.05, 3.63) is 58.6 Å². The number of halogens is 4. The van der Waals surface area contributed by atoms with Crippen molar-refractivity contribution in [3.8, 4) is 0 Å². The van der Waals surface area contributed by atoms with E-state index in [2.05, 4.69) is 20.9 Å². The quantitative estimate of drug-likeness (QED) is 0.650. The number of benzene rings is 2. The molecule has 1 aliphatic heterocycles. The Morgan fingerprint density at radius 3 is 2.33 bits per heavy atom. The van der Waals surface area contributed by atoms with Crippen LogP contribution in [0.5, 0.6) is 0 Å². The lowest BCUT2D eigenvalue weighted by Crippen LogP contribution is -2.37. The molecule has 0 aliphatic carbocycles. The van der Waals surface area contributed by atoms with Crippen molar-refractivity contribution in [1.82, 2.24) is 0 Å². The van der Waals surface area contributed by atoms with Gasteiger partial charge in [-0.1, -0.05) is 23.7 Å². The van der Waals surface area contributed by atoms with Crippen LogP contribution in [0.3, 0.4) is 0 Å². The van der Waals surface area contributed by atoms with Crippen molar-refractivity contribution < 1.29 is 22.8 Å². The first kappa shape index (κ1) is 21.8. The number of hydrogen-bond acceptors (Lipinski definition) is 4. The van der Waals surface area contributed by atoms with Crippen LogP contribution in [-0.4, -0.2) is 17.4 Å². The van der Waals surface area contributed by atoms with Gasteiger partial charge in [0.15, 0.2) is 5.54 Å². The fourth-order valence-electron chi connectivity index (χ4n) is 3.06. The molecule has 2 aromatic rings. The van der Waals surface area contributed by atoms with Crippen molar-refractivity contribution in [1.29, 1.82) is 0 Å². The molecule has 1 heterocycles. The highest BCUT2D eigenvalue weighted by atomic mass is 35.5. The lowest BCUT2D eigenvalue weighted by Gasteiger charge is -2.20. The van der Waals surface area contributed by atoms with E-state index in [0.29, 0.717) is 5.69 Å². The predicted molar refractivity (Wildman–Crippen MR) is 106 cm³/mol. The second-order valence-corrected chi connectivity index (χ2v) is 7.57. The van der Waals surface area contributed by atoms with Crippen LogP contribution >= 0.6 is 11.6 Å². The van der Waals surface area contributed by atoms with Gasteiger partial charge in [-0.15, -0.1) is 0 Å². The average molecular weight is 439 g/mol. The summed E-state index contributed by atoms with van der Waals surface area (Å²) in [6.45, 7) is 2.97. The molecule has 30 heavy (non-hydrogen) atoms. The number of carbonyl (C=O) groups excluding carboxylic acids is 2. The molecule has 3 rings (SSSR count). The zero-order valence-electron chi connectivity index (χ0n) is 16.0. The maximum Gasteiger partial charge on any atom is 0.417 e. The van der Waals surface area contributed by atoms with E-state index in [4.69, 9.17) is 11.6 Å². The average Bonchev–Trinajstić information content (AvgIpc) is 3.06. The van der Waals surface area contributed by atoms with E-state index in [0.717, 1.165) is 17.7 Å². The molecule has 2 atom stereocenters. The molecule has 0 fully saturated rings. The molecule has 0 bridgehead atoms. The van der Waals surface area contributed by atoms with E-state index in [1.165, 1.54) is 13.0 Å². The number of anilines is 2. The van der Waals surface area contributed by atoms with Gasteiger partial charge in [0.2, 0.25) is 5.91 Å². The SMILES string of the molecule is CC(=O)Nc1ccc(C2CC(C)(C(=O)Nc3ccc(Cl)c(C(F)(F)F)c3)N=N2)cc1. The van der Waals surface area contributed by atoms with Crippen LogP contribution in [0.25, 0.3) is 0 Å². The molecule has 2 aromatic carbocycles. The molecule has 158 valence electrons. The van der Waals surface area contributed by atoms with Crippen LogP contribution in [0.2, 0.25) is 5.02 Å². The summed E-state index contributed by atoms with van der Waals surface area (Å²) in [6, 6.07) is 9.75. The van der Waals surface area contributed by atoms with E-state index >= 15 is 0 Å². The molecular formula is C20H18ClF3N4O2. The Labute approximate surface area is 175 Å². The lowest BCUT2D eigenvalue weighted by atomic mass is 9.91. The Morgan fingerprint density at radius 2 is 1.73 bits per heavy atom. The van der Waals surface area contributed by atoms with Gasteiger partial charge in [0.05, 0.1) is 16.6 Å². The van der Waals surface area contributed by atoms with Crippen LogP contribution in [0.4, 0.5) is 24.5 Å². The standard InChI is InChI=1S/C20H18ClF3N4O2/c1-11(29)25-13-5-3-12(4-6-13)17-10-19(2,28-27-17)18(30)26-14-7-8-16(21)15(9-14)20(22,23)24/h3-9,17H,10H2,1-2H3,(H,25,29)(H,26,30). The summed E-state index contributed by atoms with van der Waals surface area (Å²) in [5.41, 5.74) is -0.868. The summed E-state index contributed by atoms with van der Waals surface area (Å²) >= 11 is 5.61. The Kier molecular flexibility index (Phi) is 5.85. The van der Waals surface area contributed by atoms with Gasteiger partial charge in [-0.25, -0.2) is 0 Å². The van der Waals surface area contributed by atoms with Gasteiger partial charge in [0.1, 0.15) is 0 Å². The maximum atomic E-state index is 13.0. The van der Waals surface area contributed by atoms with Crippen LogP contribution in [0.1, 0.15) is 37.4 Å². The molecule has 2 N–H and O–H groups in total. The van der Waals surface area contributed by atoms with Gasteiger partial charge < -0.3 is 10.6 Å². The molecule has 1 aliphatic rings. The Bertz CT molecular complexity index is 1010. The zero-order chi connectivity index (χ0) is 22.1. The highest BCUT2D eigenvalue weighted by molar-refractivity contribution is 6.31. The first-order valence-corrected chi connectivity index (χ1v) is 9.33. The lowest BCUT2D eigenvalue weighted by molar-refractivity contribution is -0.137. The number of azo groups is 1. The number of carbonyl (C=O) groups is 2. The summed E-state index contributed by atoms with van der Waals surface area (Å²) < 4.78 is 39.1. The minimum atomic E-state index is -4.64. The van der Waals surface area contributed by atoms with E-state index in [1.807, 2.05) is 0 Å². The van der Waals surface area contributed by atoms with Crippen molar-refractivity contribution in [2.24, 2.45) is 10.2 Å². The van der Waals surface area contributed by atoms with Crippen LogP contribution in [0.15, 0.2) is 52.7 Å². The Hall–Kier alpha value is -2.94. The van der Waals surface area contributed by atoms with Crippen LogP contribution in [0, 0.1) is 0 Å². The Morgan fingerprint density at radius 1 is 1.10 bits per heavy atom. The van der Waals surface area contributed by atoms with Crippen molar-refractivity contribution in [3.63, 3.8) is 0 Å². The smallest absolute Gasteiger partial charge is 0.326 e. The van der Waals surface area contributed by atoms with Gasteiger partial charge in [-0.05, 0) is 42.8 Å². The summed E-state index contributed by atoms with van der Waals surface area (Å²) in [5.74, 6) is -0.762. The van der Waals surface area contributed by atoms with Crippen LogP contribution < -0.4 is 10.6 Å². The number of rotatable bonds is 4. The van der Waals surface area contributed by atoms with E-state index < -0.39 is 28.2 Å². The molecule has 0 saturated carbocycles. The molecule has 2 amide bonds. The van der Waals surface area contributed by atoms with E-state index in [1.54, 1.807) is 31.2 Å². The molecule has 10 heteroatoms. The second kappa shape index (κ2) is 8.06. The monoisotopic (exact) mass is 438 g/mol.